The lowest BCUT2D eigenvalue weighted by molar-refractivity contribution is -0.141. The Bertz CT molecular complexity index is 377. The van der Waals surface area contributed by atoms with Crippen LogP contribution in [-0.2, 0) is 14.4 Å². The van der Waals surface area contributed by atoms with Crippen LogP contribution in [0, 0.1) is 0 Å². The maximum Gasteiger partial charge on any atom is 0.326 e. The zero-order valence-corrected chi connectivity index (χ0v) is 12.1. The molecule has 0 spiro atoms. The number of primary amides is 1. The lowest BCUT2D eigenvalue weighted by Gasteiger charge is -2.13. The third-order valence-corrected chi connectivity index (χ3v) is 2.90. The molecule has 0 saturated carbocycles. The van der Waals surface area contributed by atoms with Gasteiger partial charge in [0.1, 0.15) is 6.04 Å². The van der Waals surface area contributed by atoms with Crippen molar-refractivity contribution in [1.82, 2.24) is 5.32 Å². The average Bonchev–Trinajstić information content (AvgIpc) is 2.38. The zero-order chi connectivity index (χ0) is 15.5. The fraction of sp³-hybridized carbons (Fsp3) is 0.643. The molecule has 0 unspecified atom stereocenters. The molecule has 6 heteroatoms. The van der Waals surface area contributed by atoms with E-state index < -0.39 is 23.8 Å². The van der Waals surface area contributed by atoms with Gasteiger partial charge < -0.3 is 16.2 Å². The summed E-state index contributed by atoms with van der Waals surface area (Å²) in [4.78, 5) is 33.4. The van der Waals surface area contributed by atoms with E-state index in [1.54, 1.807) is 13.0 Å². The fourth-order valence-electron chi connectivity index (χ4n) is 1.62. The van der Waals surface area contributed by atoms with E-state index in [-0.39, 0.29) is 12.8 Å². The lowest BCUT2D eigenvalue weighted by Crippen LogP contribution is -2.41. The van der Waals surface area contributed by atoms with Gasteiger partial charge in [0, 0.05) is 12.0 Å². The molecular weight excluding hydrogens is 260 g/mol. The molecule has 6 nitrogen and oxygen atoms in total. The summed E-state index contributed by atoms with van der Waals surface area (Å²) in [6, 6.07) is -1.09. The monoisotopic (exact) mass is 284 g/mol. The highest BCUT2D eigenvalue weighted by molar-refractivity contribution is 5.95. The fourth-order valence-corrected chi connectivity index (χ4v) is 1.62. The van der Waals surface area contributed by atoms with Gasteiger partial charge in [-0.15, -0.1) is 0 Å². The zero-order valence-electron chi connectivity index (χ0n) is 12.1. The number of aliphatic carboxylic acids is 1. The normalized spacial score (nSPS) is 12.8. The minimum absolute atomic E-state index is 0.000475. The van der Waals surface area contributed by atoms with Crippen molar-refractivity contribution in [1.29, 1.82) is 0 Å². The summed E-state index contributed by atoms with van der Waals surface area (Å²) in [5.74, 6) is -2.17. The first kappa shape index (κ1) is 18.1. The van der Waals surface area contributed by atoms with E-state index in [0.29, 0.717) is 5.57 Å². The van der Waals surface area contributed by atoms with Crippen LogP contribution in [0.1, 0.15) is 52.4 Å². The molecule has 114 valence electrons. The topological polar surface area (TPSA) is 109 Å². The quantitative estimate of drug-likeness (QED) is 0.415. The first-order chi connectivity index (χ1) is 9.38. The minimum Gasteiger partial charge on any atom is -0.480 e. The molecule has 2 amide bonds. The summed E-state index contributed by atoms with van der Waals surface area (Å²) in [6.45, 7) is 3.74. The van der Waals surface area contributed by atoms with Gasteiger partial charge in [-0.2, -0.15) is 0 Å². The Labute approximate surface area is 119 Å². The molecular formula is C14H24N2O4. The number of hydrogen-bond donors (Lipinski definition) is 3. The van der Waals surface area contributed by atoms with Gasteiger partial charge in [0.2, 0.25) is 11.8 Å². The van der Waals surface area contributed by atoms with Crippen LogP contribution >= 0.6 is 0 Å². The van der Waals surface area contributed by atoms with E-state index in [4.69, 9.17) is 10.8 Å². The van der Waals surface area contributed by atoms with Gasteiger partial charge in [0.05, 0.1) is 0 Å². The SMILES string of the molecule is CCCCCC=C(C)C(=O)N[C@@H](CCC(N)=O)C(=O)O. The number of carboxylic acid groups (broad SMARTS) is 1. The van der Waals surface area contributed by atoms with Crippen molar-refractivity contribution < 1.29 is 19.5 Å². The first-order valence-electron chi connectivity index (χ1n) is 6.87. The number of rotatable bonds is 10. The number of hydrogen-bond acceptors (Lipinski definition) is 3. The highest BCUT2D eigenvalue weighted by Crippen LogP contribution is 2.05. The molecule has 0 fully saturated rings. The van der Waals surface area contributed by atoms with Crippen molar-refractivity contribution in [2.24, 2.45) is 5.73 Å². The number of amides is 2. The molecule has 0 radical (unpaired) electrons. The molecule has 0 aliphatic rings. The predicted molar refractivity (Wildman–Crippen MR) is 75.9 cm³/mol. The summed E-state index contributed by atoms with van der Waals surface area (Å²) < 4.78 is 0. The molecule has 0 aromatic rings. The Morgan fingerprint density at radius 2 is 1.95 bits per heavy atom. The minimum atomic E-state index is -1.17. The van der Waals surface area contributed by atoms with E-state index in [1.807, 2.05) is 0 Å². The van der Waals surface area contributed by atoms with Crippen LogP contribution in [0.15, 0.2) is 11.6 Å². The van der Waals surface area contributed by atoms with Crippen LogP contribution in [0.5, 0.6) is 0 Å². The smallest absolute Gasteiger partial charge is 0.326 e. The van der Waals surface area contributed by atoms with E-state index in [2.05, 4.69) is 12.2 Å². The number of carbonyl (C=O) groups excluding carboxylic acids is 2. The van der Waals surface area contributed by atoms with E-state index in [9.17, 15) is 14.4 Å². The molecule has 4 N–H and O–H groups in total. The van der Waals surface area contributed by atoms with Crippen molar-refractivity contribution in [3.05, 3.63) is 11.6 Å². The number of carbonyl (C=O) groups is 3. The summed E-state index contributed by atoms with van der Waals surface area (Å²) in [5.41, 5.74) is 5.46. The van der Waals surface area contributed by atoms with Crippen LogP contribution < -0.4 is 11.1 Å². The van der Waals surface area contributed by atoms with E-state index >= 15 is 0 Å². The second-order valence-electron chi connectivity index (χ2n) is 4.75. The summed E-state index contributed by atoms with van der Waals surface area (Å²) in [5, 5.41) is 11.4. The molecule has 0 saturated heterocycles. The Kier molecular flexibility index (Phi) is 9.07. The Morgan fingerprint density at radius 1 is 1.30 bits per heavy atom. The molecule has 0 aliphatic heterocycles. The van der Waals surface area contributed by atoms with Crippen molar-refractivity contribution in [2.75, 3.05) is 0 Å². The second-order valence-corrected chi connectivity index (χ2v) is 4.75. The molecule has 20 heavy (non-hydrogen) atoms. The lowest BCUT2D eigenvalue weighted by atomic mass is 10.1. The van der Waals surface area contributed by atoms with Gasteiger partial charge in [-0.25, -0.2) is 4.79 Å². The van der Waals surface area contributed by atoms with Crippen LogP contribution in [0.4, 0.5) is 0 Å². The van der Waals surface area contributed by atoms with Crippen molar-refractivity contribution in [2.45, 2.75) is 58.4 Å². The predicted octanol–water partition coefficient (Wildman–Crippen LogP) is 1.35. The molecule has 0 rings (SSSR count). The van der Waals surface area contributed by atoms with Gasteiger partial charge in [-0.05, 0) is 26.2 Å². The maximum atomic E-state index is 11.8. The first-order valence-corrected chi connectivity index (χ1v) is 6.87. The van der Waals surface area contributed by atoms with Crippen molar-refractivity contribution >= 4 is 17.8 Å². The third kappa shape index (κ3) is 8.29. The van der Waals surface area contributed by atoms with Gasteiger partial charge in [0.25, 0.3) is 0 Å². The van der Waals surface area contributed by atoms with Gasteiger partial charge in [0.15, 0.2) is 0 Å². The molecule has 0 bridgehead atoms. The Hall–Kier alpha value is -1.85. The molecule has 1 atom stereocenters. The largest absolute Gasteiger partial charge is 0.480 e. The maximum absolute atomic E-state index is 11.8. The Balaban J connectivity index is 4.36. The van der Waals surface area contributed by atoms with Crippen LogP contribution in [-0.4, -0.2) is 28.9 Å². The molecule has 0 aliphatic carbocycles. The molecule has 0 aromatic heterocycles. The summed E-state index contributed by atoms with van der Waals surface area (Å²) >= 11 is 0. The number of nitrogens with two attached hydrogens (primary N) is 1. The standard InChI is InChI=1S/C14H24N2O4/c1-3-4-5-6-7-10(2)13(18)16-11(14(19)20)8-9-12(15)17/h7,11H,3-6,8-9H2,1-2H3,(H2,15,17)(H,16,18)(H,19,20)/t11-/m0/s1. The average molecular weight is 284 g/mol. The molecule has 0 aromatic carbocycles. The van der Waals surface area contributed by atoms with Crippen LogP contribution in [0.3, 0.4) is 0 Å². The number of carboxylic acids is 1. The number of nitrogens with one attached hydrogen (secondary N) is 1. The highest BCUT2D eigenvalue weighted by Gasteiger charge is 2.20. The van der Waals surface area contributed by atoms with Gasteiger partial charge in [-0.3, -0.25) is 9.59 Å². The van der Waals surface area contributed by atoms with E-state index in [0.717, 1.165) is 25.7 Å². The Morgan fingerprint density at radius 3 is 2.45 bits per heavy atom. The van der Waals surface area contributed by atoms with Crippen LogP contribution in [0.2, 0.25) is 0 Å². The summed E-state index contributed by atoms with van der Waals surface area (Å²) in [7, 11) is 0. The second kappa shape index (κ2) is 10.00. The number of allylic oxidation sites excluding steroid dienone is 1. The van der Waals surface area contributed by atoms with Gasteiger partial charge >= 0.3 is 5.97 Å². The number of unbranched alkanes of at least 4 members (excludes halogenated alkanes) is 3. The van der Waals surface area contributed by atoms with Crippen LogP contribution in [0.25, 0.3) is 0 Å². The van der Waals surface area contributed by atoms with E-state index in [1.165, 1.54) is 0 Å². The third-order valence-electron chi connectivity index (χ3n) is 2.90. The summed E-state index contributed by atoms with van der Waals surface area (Å²) in [6.07, 6.45) is 5.74. The molecule has 0 heterocycles. The van der Waals surface area contributed by atoms with Crippen molar-refractivity contribution in [3.8, 4) is 0 Å². The highest BCUT2D eigenvalue weighted by atomic mass is 16.4. The van der Waals surface area contributed by atoms with Crippen molar-refractivity contribution in [3.63, 3.8) is 0 Å². The van der Waals surface area contributed by atoms with Gasteiger partial charge in [-0.1, -0.05) is 25.8 Å².